The lowest BCUT2D eigenvalue weighted by Gasteiger charge is -2.19. The van der Waals surface area contributed by atoms with Gasteiger partial charge in [0.05, 0.1) is 18.9 Å². The van der Waals surface area contributed by atoms with Crippen LogP contribution in [0.15, 0.2) is 12.1 Å². The summed E-state index contributed by atoms with van der Waals surface area (Å²) in [5.41, 5.74) is 4.53. The van der Waals surface area contributed by atoms with Gasteiger partial charge in [-0.1, -0.05) is 0 Å². The average molecular weight is 574 g/mol. The predicted octanol–water partition coefficient (Wildman–Crippen LogP) is 1.96. The number of carbonyl (C=O) groups excluding carboxylic acids is 2. The molecule has 13 heteroatoms. The molecule has 216 valence electrons. The van der Waals surface area contributed by atoms with Gasteiger partial charge in [-0.2, -0.15) is 0 Å². The summed E-state index contributed by atoms with van der Waals surface area (Å²) in [5, 5.41) is 6.17. The molecule has 40 heavy (non-hydrogen) atoms. The quantitative estimate of drug-likeness (QED) is 0.382. The Morgan fingerprint density at radius 1 is 1.18 bits per heavy atom. The van der Waals surface area contributed by atoms with Gasteiger partial charge in [0.2, 0.25) is 5.88 Å². The minimum absolute atomic E-state index is 0.0532. The molecule has 2 unspecified atom stereocenters. The van der Waals surface area contributed by atoms with Crippen molar-refractivity contribution >= 4 is 33.5 Å². The van der Waals surface area contributed by atoms with E-state index in [2.05, 4.69) is 20.6 Å². The van der Waals surface area contributed by atoms with E-state index in [0.717, 1.165) is 30.6 Å². The van der Waals surface area contributed by atoms with Gasteiger partial charge >= 0.3 is 6.09 Å². The zero-order valence-electron chi connectivity index (χ0n) is 23.0. The lowest BCUT2D eigenvalue weighted by atomic mass is 10.0. The van der Waals surface area contributed by atoms with Crippen LogP contribution in [0.1, 0.15) is 35.2 Å². The minimum atomic E-state index is -3.01. The van der Waals surface area contributed by atoms with E-state index in [1.54, 1.807) is 12.1 Å². The summed E-state index contributed by atoms with van der Waals surface area (Å²) >= 11 is 0. The van der Waals surface area contributed by atoms with E-state index >= 15 is 0 Å². The van der Waals surface area contributed by atoms with E-state index < -0.39 is 15.9 Å². The van der Waals surface area contributed by atoms with Gasteiger partial charge in [-0.15, -0.1) is 0 Å². The molecule has 2 atom stereocenters. The SMILES string of the molecule is Cc1nc(OCCCS(C)(=O)=O)c(C)c2c1CC(CNCCC1CN(c3ccc4c(n3)NC(=O)CO4)C(=O)O1)C2. The molecule has 1 saturated heterocycles. The number of amides is 2. The third-order valence-corrected chi connectivity index (χ3v) is 8.44. The Kier molecular flexibility index (Phi) is 8.13. The second kappa shape index (κ2) is 11.6. The number of aromatic nitrogens is 2. The number of cyclic esters (lactones) is 1. The summed E-state index contributed by atoms with van der Waals surface area (Å²) in [6.07, 6.45) is 3.47. The fourth-order valence-corrected chi connectivity index (χ4v) is 6.02. The number of fused-ring (bicyclic) bond motifs is 2. The van der Waals surface area contributed by atoms with Gasteiger partial charge in [-0.25, -0.2) is 23.2 Å². The number of pyridine rings is 2. The van der Waals surface area contributed by atoms with E-state index in [4.69, 9.17) is 14.2 Å². The van der Waals surface area contributed by atoms with Crippen molar-refractivity contribution < 1.29 is 32.2 Å². The summed E-state index contributed by atoms with van der Waals surface area (Å²) in [6.45, 7) is 6.19. The molecule has 0 saturated carbocycles. The zero-order valence-corrected chi connectivity index (χ0v) is 23.8. The number of ether oxygens (including phenoxy) is 3. The van der Waals surface area contributed by atoms with Crippen LogP contribution in [0.4, 0.5) is 16.4 Å². The number of rotatable bonds is 11. The maximum atomic E-state index is 12.5. The van der Waals surface area contributed by atoms with Crippen LogP contribution < -0.4 is 25.0 Å². The van der Waals surface area contributed by atoms with Crippen molar-refractivity contribution in [3.8, 4) is 11.6 Å². The van der Waals surface area contributed by atoms with E-state index in [1.807, 2.05) is 13.8 Å². The molecule has 12 nitrogen and oxygen atoms in total. The first-order valence-corrected chi connectivity index (χ1v) is 15.6. The highest BCUT2D eigenvalue weighted by Gasteiger charge is 2.34. The lowest BCUT2D eigenvalue weighted by molar-refractivity contribution is -0.118. The number of aryl methyl sites for hydroxylation is 1. The van der Waals surface area contributed by atoms with Crippen molar-refractivity contribution in [3.05, 3.63) is 34.5 Å². The van der Waals surface area contributed by atoms with Crippen molar-refractivity contribution in [2.24, 2.45) is 5.92 Å². The summed E-state index contributed by atoms with van der Waals surface area (Å²) in [6, 6.07) is 3.37. The maximum absolute atomic E-state index is 12.5. The van der Waals surface area contributed by atoms with Gasteiger partial charge in [-0.05, 0) is 81.8 Å². The van der Waals surface area contributed by atoms with Crippen LogP contribution in [0, 0.1) is 19.8 Å². The number of nitrogens with one attached hydrogen (secondary N) is 2. The number of nitrogens with zero attached hydrogens (tertiary/aromatic N) is 3. The second-order valence-corrected chi connectivity index (χ2v) is 12.9. The Morgan fingerprint density at radius 3 is 2.77 bits per heavy atom. The summed E-state index contributed by atoms with van der Waals surface area (Å²) < 4.78 is 39.4. The molecule has 2 aromatic rings. The number of hydrogen-bond donors (Lipinski definition) is 2. The molecule has 2 amide bonds. The molecular weight excluding hydrogens is 538 g/mol. The molecule has 1 fully saturated rings. The lowest BCUT2D eigenvalue weighted by Crippen LogP contribution is -2.30. The van der Waals surface area contributed by atoms with Crippen molar-refractivity contribution in [2.45, 2.75) is 45.6 Å². The Labute approximate surface area is 233 Å². The van der Waals surface area contributed by atoms with Gasteiger partial charge in [0.15, 0.2) is 18.2 Å². The largest absolute Gasteiger partial charge is 0.480 e. The van der Waals surface area contributed by atoms with Crippen LogP contribution in [-0.4, -0.2) is 81.3 Å². The molecular formula is C27H35N5O7S. The molecule has 2 aromatic heterocycles. The van der Waals surface area contributed by atoms with Gasteiger partial charge in [0.25, 0.3) is 5.91 Å². The Morgan fingerprint density at radius 2 is 1.98 bits per heavy atom. The number of anilines is 2. The van der Waals surface area contributed by atoms with E-state index in [-0.39, 0.29) is 24.4 Å². The molecule has 0 radical (unpaired) electrons. The van der Waals surface area contributed by atoms with Gasteiger partial charge in [-0.3, -0.25) is 9.69 Å². The number of hydrogen-bond acceptors (Lipinski definition) is 10. The topological polar surface area (TPSA) is 149 Å². The van der Waals surface area contributed by atoms with Crippen LogP contribution >= 0.6 is 0 Å². The molecule has 2 aliphatic heterocycles. The minimum Gasteiger partial charge on any atom is -0.480 e. The van der Waals surface area contributed by atoms with Crippen molar-refractivity contribution in [1.29, 1.82) is 0 Å². The van der Waals surface area contributed by atoms with Gasteiger partial charge in [0, 0.05) is 17.5 Å². The first-order chi connectivity index (χ1) is 19.1. The van der Waals surface area contributed by atoms with Crippen molar-refractivity contribution in [3.63, 3.8) is 0 Å². The number of sulfone groups is 1. The van der Waals surface area contributed by atoms with E-state index in [0.29, 0.717) is 61.7 Å². The highest BCUT2D eigenvalue weighted by Crippen LogP contribution is 2.35. The first kappa shape index (κ1) is 28.1. The monoisotopic (exact) mass is 573 g/mol. The third kappa shape index (κ3) is 6.47. The molecule has 5 rings (SSSR count). The predicted molar refractivity (Wildman–Crippen MR) is 148 cm³/mol. The molecule has 4 heterocycles. The van der Waals surface area contributed by atoms with E-state index in [9.17, 15) is 18.0 Å². The Hall–Kier alpha value is -3.45. The van der Waals surface area contributed by atoms with Gasteiger partial charge < -0.3 is 24.8 Å². The Balaban J connectivity index is 1.08. The fraction of sp³-hybridized carbons (Fsp3) is 0.556. The van der Waals surface area contributed by atoms with Crippen LogP contribution in [0.5, 0.6) is 11.6 Å². The van der Waals surface area contributed by atoms with Crippen molar-refractivity contribution in [1.82, 2.24) is 15.3 Å². The van der Waals surface area contributed by atoms with Crippen LogP contribution in [0.25, 0.3) is 0 Å². The summed E-state index contributed by atoms with van der Waals surface area (Å²) in [5.74, 6) is 2.01. The second-order valence-electron chi connectivity index (χ2n) is 10.7. The highest BCUT2D eigenvalue weighted by molar-refractivity contribution is 7.90. The first-order valence-electron chi connectivity index (χ1n) is 13.5. The fourth-order valence-electron chi connectivity index (χ4n) is 5.38. The summed E-state index contributed by atoms with van der Waals surface area (Å²) in [4.78, 5) is 34.6. The molecule has 3 aliphatic rings. The molecule has 0 spiro atoms. The molecule has 0 aromatic carbocycles. The van der Waals surface area contributed by atoms with Crippen molar-refractivity contribution in [2.75, 3.05) is 55.1 Å². The summed E-state index contributed by atoms with van der Waals surface area (Å²) in [7, 11) is -3.01. The number of carbonyl (C=O) groups is 2. The Bertz CT molecular complexity index is 1410. The van der Waals surface area contributed by atoms with Crippen LogP contribution in [0.3, 0.4) is 0 Å². The third-order valence-electron chi connectivity index (χ3n) is 7.41. The van der Waals surface area contributed by atoms with E-state index in [1.165, 1.54) is 22.3 Å². The average Bonchev–Trinajstić information content (AvgIpc) is 3.50. The van der Waals surface area contributed by atoms with Crippen LogP contribution in [-0.2, 0) is 32.2 Å². The highest BCUT2D eigenvalue weighted by atomic mass is 32.2. The molecule has 1 aliphatic carbocycles. The smallest absolute Gasteiger partial charge is 0.415 e. The molecule has 0 bridgehead atoms. The normalized spacial score (nSPS) is 20.0. The van der Waals surface area contributed by atoms with Gasteiger partial charge in [0.1, 0.15) is 21.8 Å². The molecule has 2 N–H and O–H groups in total. The van der Waals surface area contributed by atoms with Crippen LogP contribution in [0.2, 0.25) is 0 Å². The standard InChI is InChI=1S/C27H35N5O7S/c1-16-20-11-18(12-21(20)17(2)29-26(16)37-9-4-10-40(3,35)36)13-28-8-7-19-14-32(27(34)39-19)23-6-5-22-25(30-23)31-24(33)15-38-22/h5-6,18-19,28H,4,7-15H2,1-3H3,(H,30,31,33). The maximum Gasteiger partial charge on any atom is 0.415 e. The zero-order chi connectivity index (χ0) is 28.4.